The lowest BCUT2D eigenvalue weighted by Crippen LogP contribution is -2.14. The van der Waals surface area contributed by atoms with Gasteiger partial charge in [0.1, 0.15) is 0 Å². The smallest absolute Gasteiger partial charge is 0.310 e. The third-order valence-electron chi connectivity index (χ3n) is 3.57. The van der Waals surface area contributed by atoms with E-state index in [1.165, 1.54) is 0 Å². The van der Waals surface area contributed by atoms with Gasteiger partial charge in [-0.2, -0.15) is 5.10 Å². The van der Waals surface area contributed by atoms with E-state index in [0.717, 1.165) is 5.69 Å². The average molecular weight is 301 g/mol. The van der Waals surface area contributed by atoms with Crippen LogP contribution in [-0.2, 0) is 23.1 Å². The van der Waals surface area contributed by atoms with E-state index in [-0.39, 0.29) is 5.91 Å². The maximum absolute atomic E-state index is 12.0. The van der Waals surface area contributed by atoms with E-state index in [2.05, 4.69) is 10.4 Å². The molecule has 2 aromatic rings. The van der Waals surface area contributed by atoms with Crippen LogP contribution < -0.4 is 5.32 Å². The fraction of sp³-hybridized carbons (Fsp3) is 0.312. The van der Waals surface area contributed by atoms with Crippen LogP contribution in [0.1, 0.15) is 30.5 Å². The lowest BCUT2D eigenvalue weighted by molar-refractivity contribution is -0.138. The Labute approximate surface area is 128 Å². The molecule has 6 heteroatoms. The molecule has 6 nitrogen and oxygen atoms in total. The Hall–Kier alpha value is -2.63. The predicted octanol–water partition coefficient (Wildman–Crippen LogP) is 2.18. The first-order valence-corrected chi connectivity index (χ1v) is 7.07. The number of carboxylic acids is 1. The summed E-state index contributed by atoms with van der Waals surface area (Å²) in [6, 6.07) is 8.80. The largest absolute Gasteiger partial charge is 0.481 e. The van der Waals surface area contributed by atoms with Crippen LogP contribution in [0.3, 0.4) is 0 Å². The van der Waals surface area contributed by atoms with E-state index in [1.807, 2.05) is 13.1 Å². The SMILES string of the molecule is CC(C(=O)O)c1cccc(NC(=O)CCc2ccnn2C)c1. The minimum atomic E-state index is -0.889. The molecule has 1 atom stereocenters. The third-order valence-corrected chi connectivity index (χ3v) is 3.57. The quantitative estimate of drug-likeness (QED) is 0.856. The molecule has 0 aliphatic heterocycles. The second-order valence-corrected chi connectivity index (χ2v) is 5.18. The number of hydrogen-bond donors (Lipinski definition) is 2. The number of amides is 1. The molecule has 0 saturated heterocycles. The summed E-state index contributed by atoms with van der Waals surface area (Å²) in [5, 5.41) is 15.9. The molecule has 1 amide bonds. The van der Waals surface area contributed by atoms with E-state index < -0.39 is 11.9 Å². The van der Waals surface area contributed by atoms with E-state index in [0.29, 0.717) is 24.1 Å². The van der Waals surface area contributed by atoms with Gasteiger partial charge in [0.05, 0.1) is 5.92 Å². The lowest BCUT2D eigenvalue weighted by Gasteiger charge is -2.10. The van der Waals surface area contributed by atoms with Gasteiger partial charge in [0.2, 0.25) is 5.91 Å². The Morgan fingerprint density at radius 3 is 2.77 bits per heavy atom. The molecule has 0 aliphatic carbocycles. The molecule has 0 bridgehead atoms. The highest BCUT2D eigenvalue weighted by molar-refractivity contribution is 5.91. The van der Waals surface area contributed by atoms with Crippen molar-refractivity contribution in [3.63, 3.8) is 0 Å². The van der Waals surface area contributed by atoms with Crippen LogP contribution in [0, 0.1) is 0 Å². The average Bonchev–Trinajstić information content (AvgIpc) is 2.90. The van der Waals surface area contributed by atoms with Crippen LogP contribution in [0.15, 0.2) is 36.5 Å². The predicted molar refractivity (Wildman–Crippen MR) is 82.7 cm³/mol. The zero-order valence-corrected chi connectivity index (χ0v) is 12.6. The van der Waals surface area contributed by atoms with Crippen molar-refractivity contribution >= 4 is 17.6 Å². The summed E-state index contributed by atoms with van der Waals surface area (Å²) in [6.45, 7) is 1.62. The van der Waals surface area contributed by atoms with Gasteiger partial charge >= 0.3 is 5.97 Å². The molecule has 0 radical (unpaired) electrons. The first kappa shape index (κ1) is 15.8. The molecule has 22 heavy (non-hydrogen) atoms. The number of hydrogen-bond acceptors (Lipinski definition) is 3. The normalized spacial score (nSPS) is 11.9. The fourth-order valence-electron chi connectivity index (χ4n) is 2.14. The van der Waals surface area contributed by atoms with E-state index in [9.17, 15) is 9.59 Å². The number of rotatable bonds is 6. The zero-order valence-electron chi connectivity index (χ0n) is 12.6. The maximum atomic E-state index is 12.0. The maximum Gasteiger partial charge on any atom is 0.310 e. The summed E-state index contributed by atoms with van der Waals surface area (Å²) in [5.74, 6) is -1.60. The molecule has 1 aromatic heterocycles. The van der Waals surface area contributed by atoms with Crippen molar-refractivity contribution in [3.8, 4) is 0 Å². The summed E-state index contributed by atoms with van der Waals surface area (Å²) in [4.78, 5) is 23.0. The second kappa shape index (κ2) is 6.89. The van der Waals surface area contributed by atoms with E-state index in [1.54, 1.807) is 42.1 Å². The molecule has 0 aliphatic rings. The molecule has 0 fully saturated rings. The number of aryl methyl sites for hydroxylation is 2. The third kappa shape index (κ3) is 3.94. The number of benzene rings is 1. The highest BCUT2D eigenvalue weighted by Crippen LogP contribution is 2.19. The zero-order chi connectivity index (χ0) is 16.1. The number of carboxylic acid groups (broad SMARTS) is 1. The number of aromatic nitrogens is 2. The van der Waals surface area contributed by atoms with Crippen LogP contribution in [-0.4, -0.2) is 26.8 Å². The van der Waals surface area contributed by atoms with Crippen LogP contribution >= 0.6 is 0 Å². The molecule has 0 saturated carbocycles. The monoisotopic (exact) mass is 301 g/mol. The van der Waals surface area contributed by atoms with Crippen LogP contribution in [0.4, 0.5) is 5.69 Å². The second-order valence-electron chi connectivity index (χ2n) is 5.18. The molecule has 1 aromatic carbocycles. The Morgan fingerprint density at radius 1 is 1.36 bits per heavy atom. The van der Waals surface area contributed by atoms with Crippen LogP contribution in [0.2, 0.25) is 0 Å². The number of anilines is 1. The van der Waals surface area contributed by atoms with Gasteiger partial charge in [-0.25, -0.2) is 0 Å². The van der Waals surface area contributed by atoms with Gasteiger partial charge in [-0.15, -0.1) is 0 Å². The molecular formula is C16H19N3O3. The first-order chi connectivity index (χ1) is 10.5. The van der Waals surface area contributed by atoms with E-state index >= 15 is 0 Å². The number of carbonyl (C=O) groups excluding carboxylic acids is 1. The Morgan fingerprint density at radius 2 is 2.14 bits per heavy atom. The molecule has 1 unspecified atom stereocenters. The van der Waals surface area contributed by atoms with Crippen LogP contribution in [0.25, 0.3) is 0 Å². The number of nitrogens with zero attached hydrogens (tertiary/aromatic N) is 2. The van der Waals surface area contributed by atoms with Gasteiger partial charge < -0.3 is 10.4 Å². The first-order valence-electron chi connectivity index (χ1n) is 7.07. The van der Waals surface area contributed by atoms with Gasteiger partial charge in [-0.3, -0.25) is 14.3 Å². The number of carbonyl (C=O) groups is 2. The molecule has 0 spiro atoms. The summed E-state index contributed by atoms with van der Waals surface area (Å²) in [5.41, 5.74) is 2.26. The highest BCUT2D eigenvalue weighted by Gasteiger charge is 2.14. The molecule has 2 N–H and O–H groups in total. The van der Waals surface area contributed by atoms with Crippen molar-refractivity contribution in [2.75, 3.05) is 5.32 Å². The number of nitrogens with one attached hydrogen (secondary N) is 1. The van der Waals surface area contributed by atoms with E-state index in [4.69, 9.17) is 5.11 Å². The molecule has 116 valence electrons. The summed E-state index contributed by atoms with van der Waals surface area (Å²) in [7, 11) is 1.84. The summed E-state index contributed by atoms with van der Waals surface area (Å²) in [6.07, 6.45) is 2.65. The van der Waals surface area contributed by atoms with Gasteiger partial charge in [-0.1, -0.05) is 12.1 Å². The Kier molecular flexibility index (Phi) is 4.93. The topological polar surface area (TPSA) is 84.2 Å². The fourth-order valence-corrected chi connectivity index (χ4v) is 2.14. The standard InChI is InChI=1S/C16H19N3O3/c1-11(16(21)22)12-4-3-5-13(10-12)18-15(20)7-6-14-8-9-17-19(14)2/h3-5,8-11H,6-7H2,1-2H3,(H,18,20)(H,21,22). The van der Waals surface area contributed by atoms with Crippen molar-refractivity contribution in [2.24, 2.45) is 7.05 Å². The molecule has 1 heterocycles. The van der Waals surface area contributed by atoms with Crippen LogP contribution in [0.5, 0.6) is 0 Å². The van der Waals surface area contributed by atoms with Crippen molar-refractivity contribution in [2.45, 2.75) is 25.7 Å². The van der Waals surface area contributed by atoms with Gasteiger partial charge in [-0.05, 0) is 37.1 Å². The van der Waals surface area contributed by atoms with Gasteiger partial charge in [0, 0.05) is 31.0 Å². The lowest BCUT2D eigenvalue weighted by atomic mass is 10.0. The van der Waals surface area contributed by atoms with Crippen molar-refractivity contribution < 1.29 is 14.7 Å². The number of aliphatic carboxylic acids is 1. The highest BCUT2D eigenvalue weighted by atomic mass is 16.4. The summed E-state index contributed by atoms with van der Waals surface area (Å²) < 4.78 is 1.74. The minimum Gasteiger partial charge on any atom is -0.481 e. The van der Waals surface area contributed by atoms with Gasteiger partial charge in [0.15, 0.2) is 0 Å². The van der Waals surface area contributed by atoms with Crippen molar-refractivity contribution in [1.29, 1.82) is 0 Å². The summed E-state index contributed by atoms with van der Waals surface area (Å²) >= 11 is 0. The Balaban J connectivity index is 1.95. The Bertz CT molecular complexity index is 679. The van der Waals surface area contributed by atoms with Crippen molar-refractivity contribution in [3.05, 3.63) is 47.8 Å². The molecular weight excluding hydrogens is 282 g/mol. The van der Waals surface area contributed by atoms with Crippen molar-refractivity contribution in [1.82, 2.24) is 9.78 Å². The minimum absolute atomic E-state index is 0.110. The van der Waals surface area contributed by atoms with Gasteiger partial charge in [0.25, 0.3) is 0 Å². The molecule has 2 rings (SSSR count).